The first-order valence-corrected chi connectivity index (χ1v) is 6.25. The van der Waals surface area contributed by atoms with Crippen LogP contribution in [0.1, 0.15) is 13.3 Å². The fourth-order valence-electron chi connectivity index (χ4n) is 1.37. The van der Waals surface area contributed by atoms with E-state index < -0.39 is 0 Å². The number of aliphatic hydroxyl groups excluding tert-OH is 1. The van der Waals surface area contributed by atoms with Crippen LogP contribution in [0.5, 0.6) is 11.5 Å². The SMILES string of the molecule is CCOc1ccccc1OCNC(=O)NCCCO. The maximum atomic E-state index is 11.3. The van der Waals surface area contributed by atoms with E-state index >= 15 is 0 Å². The second-order valence-corrected chi connectivity index (χ2v) is 3.68. The van der Waals surface area contributed by atoms with Gasteiger partial charge in [-0.1, -0.05) is 12.1 Å². The van der Waals surface area contributed by atoms with Gasteiger partial charge in [-0.2, -0.15) is 0 Å². The summed E-state index contributed by atoms with van der Waals surface area (Å²) in [5.74, 6) is 1.23. The molecule has 0 saturated heterocycles. The minimum Gasteiger partial charge on any atom is -0.490 e. The molecule has 106 valence electrons. The molecule has 1 aromatic carbocycles. The number of amides is 2. The molecule has 3 N–H and O–H groups in total. The van der Waals surface area contributed by atoms with E-state index in [4.69, 9.17) is 14.6 Å². The average molecular weight is 268 g/mol. The highest BCUT2D eigenvalue weighted by Crippen LogP contribution is 2.25. The van der Waals surface area contributed by atoms with E-state index in [-0.39, 0.29) is 19.4 Å². The van der Waals surface area contributed by atoms with E-state index in [1.807, 2.05) is 19.1 Å². The molecular weight excluding hydrogens is 248 g/mol. The van der Waals surface area contributed by atoms with Crippen LogP contribution in [0.4, 0.5) is 4.79 Å². The number of carbonyl (C=O) groups excluding carboxylic acids is 1. The Bertz CT molecular complexity index is 385. The molecule has 1 aromatic rings. The number of rotatable bonds is 8. The Balaban J connectivity index is 2.30. The molecule has 0 saturated carbocycles. The number of urea groups is 1. The molecule has 0 spiro atoms. The van der Waals surface area contributed by atoms with Crippen molar-refractivity contribution in [2.45, 2.75) is 13.3 Å². The van der Waals surface area contributed by atoms with Gasteiger partial charge < -0.3 is 25.2 Å². The van der Waals surface area contributed by atoms with Crippen molar-refractivity contribution in [1.82, 2.24) is 10.6 Å². The van der Waals surface area contributed by atoms with E-state index in [1.54, 1.807) is 12.1 Å². The van der Waals surface area contributed by atoms with Gasteiger partial charge in [-0.05, 0) is 25.5 Å². The highest BCUT2D eigenvalue weighted by Gasteiger charge is 2.04. The minimum atomic E-state index is -0.331. The molecule has 1 rings (SSSR count). The molecule has 0 bridgehead atoms. The Morgan fingerprint density at radius 2 is 1.89 bits per heavy atom. The molecule has 0 aromatic heterocycles. The predicted octanol–water partition coefficient (Wildman–Crippen LogP) is 1.10. The standard InChI is InChI=1S/C13H20N2O4/c1-2-18-11-6-3-4-7-12(11)19-10-15-13(17)14-8-5-9-16/h3-4,6-7,16H,2,5,8-10H2,1H3,(H2,14,15,17). The Morgan fingerprint density at radius 3 is 2.53 bits per heavy atom. The lowest BCUT2D eigenvalue weighted by Gasteiger charge is -2.12. The maximum Gasteiger partial charge on any atom is 0.317 e. The van der Waals surface area contributed by atoms with E-state index in [0.29, 0.717) is 31.1 Å². The van der Waals surface area contributed by atoms with Crippen LogP contribution in [0.15, 0.2) is 24.3 Å². The van der Waals surface area contributed by atoms with Gasteiger partial charge in [0.25, 0.3) is 0 Å². The molecule has 0 heterocycles. The quantitative estimate of drug-likeness (QED) is 0.487. The molecule has 2 amide bonds. The molecule has 0 atom stereocenters. The van der Waals surface area contributed by atoms with Crippen LogP contribution in [0.2, 0.25) is 0 Å². The summed E-state index contributed by atoms with van der Waals surface area (Å²) in [7, 11) is 0. The molecule has 0 aliphatic heterocycles. The third kappa shape index (κ3) is 5.96. The Labute approximate surface area is 112 Å². The van der Waals surface area contributed by atoms with Crippen molar-refractivity contribution >= 4 is 6.03 Å². The monoisotopic (exact) mass is 268 g/mol. The molecular formula is C13H20N2O4. The fourth-order valence-corrected chi connectivity index (χ4v) is 1.37. The van der Waals surface area contributed by atoms with Crippen LogP contribution in [0.25, 0.3) is 0 Å². The first-order chi connectivity index (χ1) is 9.27. The summed E-state index contributed by atoms with van der Waals surface area (Å²) in [6.07, 6.45) is 0.529. The molecule has 0 unspecified atom stereocenters. The van der Waals surface area contributed by atoms with Crippen molar-refractivity contribution in [2.75, 3.05) is 26.5 Å². The number of carbonyl (C=O) groups is 1. The van der Waals surface area contributed by atoms with E-state index in [0.717, 1.165) is 0 Å². The van der Waals surface area contributed by atoms with Gasteiger partial charge >= 0.3 is 6.03 Å². The highest BCUT2D eigenvalue weighted by molar-refractivity contribution is 5.73. The fraction of sp³-hybridized carbons (Fsp3) is 0.462. The number of para-hydroxylation sites is 2. The van der Waals surface area contributed by atoms with Gasteiger partial charge in [0.05, 0.1) is 6.61 Å². The van der Waals surface area contributed by atoms with Crippen LogP contribution in [0, 0.1) is 0 Å². The van der Waals surface area contributed by atoms with Crippen LogP contribution >= 0.6 is 0 Å². The van der Waals surface area contributed by atoms with Crippen LogP contribution in [-0.4, -0.2) is 37.6 Å². The first kappa shape index (κ1) is 15.1. The maximum absolute atomic E-state index is 11.3. The van der Waals surface area contributed by atoms with Gasteiger partial charge in [0, 0.05) is 13.2 Å². The molecule has 0 aliphatic carbocycles. The first-order valence-electron chi connectivity index (χ1n) is 6.25. The number of nitrogens with one attached hydrogen (secondary N) is 2. The highest BCUT2D eigenvalue weighted by atomic mass is 16.5. The van der Waals surface area contributed by atoms with Crippen LogP contribution in [0.3, 0.4) is 0 Å². The van der Waals surface area contributed by atoms with Crippen molar-refractivity contribution in [3.05, 3.63) is 24.3 Å². The van der Waals surface area contributed by atoms with Crippen molar-refractivity contribution in [3.8, 4) is 11.5 Å². The lowest BCUT2D eigenvalue weighted by Crippen LogP contribution is -2.38. The van der Waals surface area contributed by atoms with Crippen molar-refractivity contribution < 1.29 is 19.4 Å². The predicted molar refractivity (Wildman–Crippen MR) is 71.3 cm³/mol. The lowest BCUT2D eigenvalue weighted by atomic mass is 10.3. The summed E-state index contributed by atoms with van der Waals surface area (Å²) < 4.78 is 10.8. The third-order valence-electron chi connectivity index (χ3n) is 2.23. The van der Waals surface area contributed by atoms with Gasteiger partial charge in [-0.25, -0.2) is 4.79 Å². The summed E-state index contributed by atoms with van der Waals surface area (Å²) in [5.41, 5.74) is 0. The molecule has 0 aliphatic rings. The van der Waals surface area contributed by atoms with Crippen LogP contribution in [-0.2, 0) is 0 Å². The van der Waals surface area contributed by atoms with Gasteiger partial charge in [0.15, 0.2) is 18.2 Å². The molecule has 19 heavy (non-hydrogen) atoms. The molecule has 0 fully saturated rings. The summed E-state index contributed by atoms with van der Waals surface area (Å²) in [6, 6.07) is 6.94. The summed E-state index contributed by atoms with van der Waals surface area (Å²) >= 11 is 0. The number of ether oxygens (including phenoxy) is 2. The van der Waals surface area contributed by atoms with Crippen molar-refractivity contribution in [3.63, 3.8) is 0 Å². The molecule has 6 nitrogen and oxygen atoms in total. The summed E-state index contributed by atoms with van der Waals surface area (Å²) in [5, 5.41) is 13.7. The Morgan fingerprint density at radius 1 is 1.21 bits per heavy atom. The molecule has 6 heteroatoms. The second kappa shape index (κ2) is 9.04. The van der Waals surface area contributed by atoms with Crippen molar-refractivity contribution in [2.24, 2.45) is 0 Å². The summed E-state index contributed by atoms with van der Waals surface area (Å²) in [4.78, 5) is 11.3. The van der Waals surface area contributed by atoms with E-state index in [1.165, 1.54) is 0 Å². The topological polar surface area (TPSA) is 79.8 Å². The van der Waals surface area contributed by atoms with E-state index in [9.17, 15) is 4.79 Å². The van der Waals surface area contributed by atoms with E-state index in [2.05, 4.69) is 10.6 Å². The zero-order valence-electron chi connectivity index (χ0n) is 11.0. The van der Waals surface area contributed by atoms with Crippen LogP contribution < -0.4 is 20.1 Å². The zero-order chi connectivity index (χ0) is 13.9. The normalized spacial score (nSPS) is 9.79. The molecule has 0 radical (unpaired) electrons. The number of hydrogen-bond acceptors (Lipinski definition) is 4. The van der Waals surface area contributed by atoms with Gasteiger partial charge in [-0.15, -0.1) is 0 Å². The second-order valence-electron chi connectivity index (χ2n) is 3.68. The average Bonchev–Trinajstić information content (AvgIpc) is 2.41. The van der Waals surface area contributed by atoms with Crippen molar-refractivity contribution in [1.29, 1.82) is 0 Å². The number of aliphatic hydroxyl groups is 1. The largest absolute Gasteiger partial charge is 0.490 e. The number of hydrogen-bond donors (Lipinski definition) is 3. The Kier molecular flexibility index (Phi) is 7.19. The lowest BCUT2D eigenvalue weighted by molar-refractivity contribution is 0.218. The van der Waals surface area contributed by atoms with Gasteiger partial charge in [0.2, 0.25) is 0 Å². The Hall–Kier alpha value is -1.95. The third-order valence-corrected chi connectivity index (χ3v) is 2.23. The van der Waals surface area contributed by atoms with Gasteiger partial charge in [-0.3, -0.25) is 0 Å². The smallest absolute Gasteiger partial charge is 0.317 e. The minimum absolute atomic E-state index is 0.0506. The summed E-state index contributed by atoms with van der Waals surface area (Å²) in [6.45, 7) is 2.98. The van der Waals surface area contributed by atoms with Gasteiger partial charge in [0.1, 0.15) is 0 Å². The number of benzene rings is 1. The zero-order valence-corrected chi connectivity index (χ0v) is 11.0.